The summed E-state index contributed by atoms with van der Waals surface area (Å²) >= 11 is -1.07. The zero-order valence-corrected chi connectivity index (χ0v) is 12.9. The molecule has 0 aliphatic rings. The predicted molar refractivity (Wildman–Crippen MR) is 53.4 cm³/mol. The molecule has 0 aromatic carbocycles. The van der Waals surface area contributed by atoms with Crippen LogP contribution in [-0.4, -0.2) is 26.7 Å². The molecular weight excluding hydrogens is 304 g/mol. The number of rotatable bonds is 2. The Balaban J connectivity index is -0.000000320. The summed E-state index contributed by atoms with van der Waals surface area (Å²) in [5.74, 6) is 0. The molecule has 0 unspecified atom stereocenters. The summed E-state index contributed by atoms with van der Waals surface area (Å²) in [6, 6.07) is 0. The quantitative estimate of drug-likeness (QED) is 0.734. The molecular formula is C4H14Cl2O2P2Zr. The van der Waals surface area contributed by atoms with Crippen LogP contribution in [0.15, 0.2) is 0 Å². The first-order valence-electron chi connectivity index (χ1n) is 2.60. The van der Waals surface area contributed by atoms with Crippen LogP contribution in [0.3, 0.4) is 0 Å². The summed E-state index contributed by atoms with van der Waals surface area (Å²) in [5.41, 5.74) is 0. The molecule has 0 aromatic rings. The van der Waals surface area contributed by atoms with E-state index in [0.717, 1.165) is 0 Å². The maximum absolute atomic E-state index is 11.1. The van der Waals surface area contributed by atoms with Gasteiger partial charge in [-0.2, -0.15) is 0 Å². The van der Waals surface area contributed by atoms with E-state index in [4.69, 9.17) is 0 Å². The molecule has 11 heavy (non-hydrogen) atoms. The average Bonchev–Trinajstić information content (AvgIpc) is 1.14. The normalized spacial score (nSPS) is 10.9. The molecule has 0 atom stereocenters. The van der Waals surface area contributed by atoms with Gasteiger partial charge in [-0.1, -0.05) is 0 Å². The molecule has 0 aliphatic carbocycles. The van der Waals surface area contributed by atoms with Crippen LogP contribution in [0.5, 0.6) is 0 Å². The van der Waals surface area contributed by atoms with Gasteiger partial charge in [-0.05, 0) is 0 Å². The third-order valence-corrected chi connectivity index (χ3v) is 25.6. The van der Waals surface area contributed by atoms with Crippen molar-refractivity contribution in [2.24, 2.45) is 0 Å². The van der Waals surface area contributed by atoms with Gasteiger partial charge in [-0.25, -0.2) is 0 Å². The molecule has 0 aromatic heterocycles. The molecule has 0 aliphatic heterocycles. The van der Waals surface area contributed by atoms with Crippen molar-refractivity contribution in [3.63, 3.8) is 0 Å². The van der Waals surface area contributed by atoms with Crippen LogP contribution >= 0.6 is 33.7 Å². The van der Waals surface area contributed by atoms with Crippen LogP contribution in [-0.2, 0) is 31.2 Å². The molecule has 0 bridgehead atoms. The van der Waals surface area contributed by atoms with Crippen LogP contribution in [0.2, 0.25) is 0 Å². The average molecular weight is 318 g/mol. The van der Waals surface area contributed by atoms with E-state index in [9.17, 15) is 9.13 Å². The fourth-order valence-electron chi connectivity index (χ4n) is 0.580. The molecule has 2 nitrogen and oxygen atoms in total. The summed E-state index contributed by atoms with van der Waals surface area (Å²) < 4.78 is 18.5. The largest absolute Gasteiger partial charge is 0.147 e. The van der Waals surface area contributed by atoms with Gasteiger partial charge in [0, 0.05) is 0 Å². The number of hydrogen-bond acceptors (Lipinski definition) is 2. The maximum atomic E-state index is 11.1. The first-order valence-corrected chi connectivity index (χ1v) is 14.4. The van der Waals surface area contributed by atoms with Gasteiger partial charge in [-0.3, -0.25) is 0 Å². The predicted octanol–water partition coefficient (Wildman–Crippen LogP) is 2.99. The Bertz CT molecular complexity index is 165. The summed E-state index contributed by atoms with van der Waals surface area (Å²) in [6.07, 6.45) is 0. The molecule has 0 spiro atoms. The van der Waals surface area contributed by atoms with E-state index in [0.29, 0.717) is 0 Å². The third-order valence-electron chi connectivity index (χ3n) is 0.482. The minimum Gasteiger partial charge on any atom is -0.147 e. The Morgan fingerprint density at radius 1 is 0.818 bits per heavy atom. The van der Waals surface area contributed by atoms with E-state index in [-0.39, 0.29) is 24.8 Å². The zero-order valence-electron chi connectivity index (χ0n) is 7.03. The van der Waals surface area contributed by atoms with E-state index < -0.39 is 30.9 Å². The van der Waals surface area contributed by atoms with Gasteiger partial charge in [0.05, 0.1) is 0 Å². The molecule has 0 saturated heterocycles. The summed E-state index contributed by atoms with van der Waals surface area (Å²) in [5, 5.41) is 0. The first kappa shape index (κ1) is 18.7. The molecule has 7 heteroatoms. The molecule has 0 amide bonds. The fourth-order valence-corrected chi connectivity index (χ4v) is 30.9. The second-order valence-electron chi connectivity index (χ2n) is 2.80. The molecule has 0 rings (SSSR count). The second kappa shape index (κ2) is 6.39. The van der Waals surface area contributed by atoms with Gasteiger partial charge in [0.25, 0.3) is 0 Å². The molecule has 0 N–H and O–H groups in total. The van der Waals surface area contributed by atoms with E-state index in [2.05, 4.69) is 0 Å². The maximum Gasteiger partial charge on any atom is -0.147 e. The molecule has 0 radical (unpaired) electrons. The molecule has 70 valence electrons. The zero-order chi connectivity index (χ0) is 7.71. The topological polar surface area (TPSA) is 34.1 Å². The Hall–Kier alpha value is 1.92. The summed E-state index contributed by atoms with van der Waals surface area (Å²) in [7, 11) is 0. The van der Waals surface area contributed by atoms with Crippen LogP contribution in [0.4, 0.5) is 0 Å². The van der Waals surface area contributed by atoms with E-state index in [1.165, 1.54) is 0 Å². The van der Waals surface area contributed by atoms with Crippen molar-refractivity contribution in [3.05, 3.63) is 0 Å². The first-order chi connectivity index (χ1) is 3.71. The SMILES string of the molecule is C[P](C)(=O)[Zr][P](C)(C)=O.Cl.Cl. The van der Waals surface area contributed by atoms with Crippen LogP contribution in [0, 0.1) is 0 Å². The van der Waals surface area contributed by atoms with Crippen LogP contribution in [0.25, 0.3) is 0 Å². The van der Waals surface area contributed by atoms with Gasteiger partial charge < -0.3 is 0 Å². The Labute approximate surface area is 90.9 Å². The van der Waals surface area contributed by atoms with Crippen molar-refractivity contribution in [2.45, 2.75) is 0 Å². The van der Waals surface area contributed by atoms with E-state index >= 15 is 0 Å². The van der Waals surface area contributed by atoms with Crippen molar-refractivity contribution in [1.29, 1.82) is 0 Å². The molecule has 0 heterocycles. The van der Waals surface area contributed by atoms with Gasteiger partial charge in [-0.15, -0.1) is 24.8 Å². The third kappa shape index (κ3) is 18.7. The van der Waals surface area contributed by atoms with Gasteiger partial charge in [0.15, 0.2) is 0 Å². The second-order valence-corrected chi connectivity index (χ2v) is 29.3. The smallest absolute Gasteiger partial charge is 0.147 e. The minimum absolute atomic E-state index is 0. The van der Waals surface area contributed by atoms with Crippen LogP contribution < -0.4 is 0 Å². The van der Waals surface area contributed by atoms with Crippen molar-refractivity contribution in [2.75, 3.05) is 26.7 Å². The van der Waals surface area contributed by atoms with Crippen molar-refractivity contribution >= 4 is 33.7 Å². The fraction of sp³-hybridized carbons (Fsp3) is 1.00. The Morgan fingerprint density at radius 3 is 1.00 bits per heavy atom. The van der Waals surface area contributed by atoms with Gasteiger partial charge in [0.1, 0.15) is 0 Å². The van der Waals surface area contributed by atoms with Crippen molar-refractivity contribution in [1.82, 2.24) is 0 Å². The molecule has 0 fully saturated rings. The summed E-state index contributed by atoms with van der Waals surface area (Å²) in [6.45, 7) is 7.00. The van der Waals surface area contributed by atoms with Crippen molar-refractivity contribution in [3.8, 4) is 0 Å². The number of halogens is 2. The van der Waals surface area contributed by atoms with Crippen molar-refractivity contribution < 1.29 is 31.2 Å². The molecule has 0 saturated carbocycles. The van der Waals surface area contributed by atoms with E-state index in [1.54, 1.807) is 26.7 Å². The van der Waals surface area contributed by atoms with Gasteiger partial charge >= 0.3 is 66.7 Å². The standard InChI is InChI=1S/2C2H6OP.2ClH.Zr/c2*1-4(2)3;;;/h2*1-2H3;2*1H;/q2*+1;;;-2. The Kier molecular flexibility index (Phi) is 10.8. The number of hydrogen-bond donors (Lipinski definition) is 0. The Morgan fingerprint density at radius 2 is 1.00 bits per heavy atom. The van der Waals surface area contributed by atoms with E-state index in [1.807, 2.05) is 0 Å². The minimum atomic E-state index is -1.88. The summed E-state index contributed by atoms with van der Waals surface area (Å²) in [4.78, 5) is 0. The monoisotopic (exact) mass is 316 g/mol. The van der Waals surface area contributed by atoms with Crippen LogP contribution in [0.1, 0.15) is 0 Å². The van der Waals surface area contributed by atoms with Gasteiger partial charge in [0.2, 0.25) is 0 Å².